The van der Waals surface area contributed by atoms with E-state index in [2.05, 4.69) is 10.2 Å². The third kappa shape index (κ3) is 5.09. The van der Waals surface area contributed by atoms with Crippen molar-refractivity contribution in [3.05, 3.63) is 0 Å². The predicted molar refractivity (Wildman–Crippen MR) is 95.9 cm³/mol. The van der Waals surface area contributed by atoms with Crippen molar-refractivity contribution in [2.45, 2.75) is 69.9 Å². The van der Waals surface area contributed by atoms with Gasteiger partial charge in [-0.15, -0.1) is 0 Å². The molecule has 24 heavy (non-hydrogen) atoms. The molecule has 0 bridgehead atoms. The van der Waals surface area contributed by atoms with Crippen LogP contribution in [-0.2, 0) is 0 Å². The first kappa shape index (κ1) is 18.0. The average Bonchev–Trinajstić information content (AvgIpc) is 3.35. The molecule has 3 rings (SSSR count). The van der Waals surface area contributed by atoms with E-state index in [9.17, 15) is 9.90 Å². The van der Waals surface area contributed by atoms with E-state index in [-0.39, 0.29) is 12.1 Å². The highest BCUT2D eigenvalue weighted by Gasteiger charge is 2.32. The highest BCUT2D eigenvalue weighted by Crippen LogP contribution is 2.32. The molecule has 3 fully saturated rings. The summed E-state index contributed by atoms with van der Waals surface area (Å²) in [6.07, 6.45) is 11.3. The van der Waals surface area contributed by atoms with Crippen LogP contribution < -0.4 is 5.32 Å². The number of likely N-dealkylation sites (tertiary alicyclic amines) is 1. The smallest absolute Gasteiger partial charge is 0.317 e. The molecule has 0 spiro atoms. The molecule has 2 atom stereocenters. The van der Waals surface area contributed by atoms with Crippen LogP contribution in [0.1, 0.15) is 57.8 Å². The zero-order chi connectivity index (χ0) is 16.9. The topological polar surface area (TPSA) is 55.8 Å². The summed E-state index contributed by atoms with van der Waals surface area (Å²) < 4.78 is 0. The lowest BCUT2D eigenvalue weighted by molar-refractivity contribution is 0.112. The first-order chi connectivity index (χ1) is 11.6. The molecule has 2 saturated carbocycles. The molecule has 2 unspecified atom stereocenters. The quantitative estimate of drug-likeness (QED) is 0.750. The molecule has 0 aromatic rings. The van der Waals surface area contributed by atoms with Crippen LogP contribution in [0, 0.1) is 11.8 Å². The van der Waals surface area contributed by atoms with Crippen molar-refractivity contribution in [2.24, 2.45) is 11.8 Å². The van der Waals surface area contributed by atoms with E-state index in [1.54, 1.807) is 11.9 Å². The summed E-state index contributed by atoms with van der Waals surface area (Å²) in [5.41, 5.74) is 0. The second kappa shape index (κ2) is 8.52. The van der Waals surface area contributed by atoms with E-state index in [4.69, 9.17) is 0 Å². The van der Waals surface area contributed by atoms with Crippen molar-refractivity contribution in [3.8, 4) is 0 Å². The first-order valence-electron chi connectivity index (χ1n) is 10.0. The summed E-state index contributed by atoms with van der Waals surface area (Å²) in [5.74, 6) is 1.28. The Morgan fingerprint density at radius 3 is 2.62 bits per heavy atom. The van der Waals surface area contributed by atoms with Crippen LogP contribution in [0.15, 0.2) is 0 Å². The number of carbonyl (C=O) groups excluding carboxylic acids is 1. The molecule has 0 radical (unpaired) electrons. The lowest BCUT2D eigenvalue weighted by atomic mass is 9.89. The van der Waals surface area contributed by atoms with Crippen LogP contribution in [0.2, 0.25) is 0 Å². The molecular formula is C19H35N3O2. The van der Waals surface area contributed by atoms with Gasteiger partial charge in [0.2, 0.25) is 0 Å². The predicted octanol–water partition coefficient (Wildman–Crippen LogP) is 2.44. The maximum absolute atomic E-state index is 12.3. The van der Waals surface area contributed by atoms with Gasteiger partial charge in [-0.3, -0.25) is 4.90 Å². The van der Waals surface area contributed by atoms with Crippen molar-refractivity contribution < 1.29 is 9.90 Å². The minimum Gasteiger partial charge on any atom is -0.391 e. The molecule has 1 aliphatic heterocycles. The number of aliphatic hydroxyl groups excluding tert-OH is 1. The zero-order valence-electron chi connectivity index (χ0n) is 15.3. The Hall–Kier alpha value is -0.810. The normalized spacial score (nSPS) is 27.2. The summed E-state index contributed by atoms with van der Waals surface area (Å²) in [6, 6.07) is 0.455. The van der Waals surface area contributed by atoms with Crippen LogP contribution >= 0.6 is 0 Å². The number of hydrogen-bond acceptors (Lipinski definition) is 3. The zero-order valence-corrected chi connectivity index (χ0v) is 15.3. The number of amides is 2. The number of hydrogen-bond donors (Lipinski definition) is 2. The lowest BCUT2D eigenvalue weighted by Gasteiger charge is -2.31. The van der Waals surface area contributed by atoms with Gasteiger partial charge in [0.25, 0.3) is 0 Å². The lowest BCUT2D eigenvalue weighted by Crippen LogP contribution is -2.47. The molecule has 5 nitrogen and oxygen atoms in total. The van der Waals surface area contributed by atoms with E-state index in [0.717, 1.165) is 25.3 Å². The van der Waals surface area contributed by atoms with Crippen LogP contribution in [-0.4, -0.2) is 66.3 Å². The van der Waals surface area contributed by atoms with Crippen molar-refractivity contribution in [1.29, 1.82) is 0 Å². The Balaban J connectivity index is 1.38. The fourth-order valence-corrected chi connectivity index (χ4v) is 4.40. The van der Waals surface area contributed by atoms with E-state index in [1.165, 1.54) is 58.0 Å². The fourth-order valence-electron chi connectivity index (χ4n) is 4.40. The highest BCUT2D eigenvalue weighted by atomic mass is 16.3. The number of rotatable bonds is 7. The van der Waals surface area contributed by atoms with E-state index < -0.39 is 0 Å². The average molecular weight is 338 g/mol. The highest BCUT2D eigenvalue weighted by molar-refractivity contribution is 5.73. The minimum atomic E-state index is -0.352. The van der Waals surface area contributed by atoms with Crippen molar-refractivity contribution in [1.82, 2.24) is 15.1 Å². The van der Waals surface area contributed by atoms with E-state index in [1.807, 2.05) is 0 Å². The Morgan fingerprint density at radius 1 is 1.17 bits per heavy atom. The molecule has 0 aromatic heterocycles. The third-order valence-corrected chi connectivity index (χ3v) is 6.18. The number of urea groups is 1. The molecule has 2 amide bonds. The maximum Gasteiger partial charge on any atom is 0.317 e. The molecule has 5 heteroatoms. The van der Waals surface area contributed by atoms with Gasteiger partial charge in [0.05, 0.1) is 6.10 Å². The SMILES string of the molecule is CN(CC(O)C1CC1)C(=O)NCC1CCCN1CC1CCCCC1. The number of aliphatic hydroxyl groups is 1. The summed E-state index contributed by atoms with van der Waals surface area (Å²) in [5, 5.41) is 13.1. The van der Waals surface area contributed by atoms with Gasteiger partial charge >= 0.3 is 6.03 Å². The Bertz CT molecular complexity index is 407. The van der Waals surface area contributed by atoms with Crippen molar-refractivity contribution in [2.75, 3.05) is 33.2 Å². The molecular weight excluding hydrogens is 302 g/mol. The Kier molecular flexibility index (Phi) is 6.39. The summed E-state index contributed by atoms with van der Waals surface area (Å²) in [6.45, 7) is 3.60. The van der Waals surface area contributed by atoms with Gasteiger partial charge in [-0.05, 0) is 56.9 Å². The standard InChI is InChI=1S/C19H35N3O2/c1-21(14-18(23)16-9-10-16)19(24)20-12-17-8-5-11-22(17)13-15-6-3-2-4-7-15/h15-18,23H,2-14H2,1H3,(H,20,24). The summed E-state index contributed by atoms with van der Waals surface area (Å²) in [7, 11) is 1.79. The van der Waals surface area contributed by atoms with Crippen LogP contribution in [0.3, 0.4) is 0 Å². The molecule has 0 aromatic carbocycles. The van der Waals surface area contributed by atoms with Crippen molar-refractivity contribution in [3.63, 3.8) is 0 Å². The van der Waals surface area contributed by atoms with Gasteiger partial charge < -0.3 is 15.3 Å². The molecule has 1 heterocycles. The van der Waals surface area contributed by atoms with E-state index in [0.29, 0.717) is 18.5 Å². The first-order valence-corrected chi connectivity index (χ1v) is 10.0. The number of nitrogens with one attached hydrogen (secondary N) is 1. The second-order valence-corrected chi connectivity index (χ2v) is 8.27. The van der Waals surface area contributed by atoms with Gasteiger partial charge in [-0.1, -0.05) is 19.3 Å². The number of nitrogens with zero attached hydrogens (tertiary/aromatic N) is 2. The summed E-state index contributed by atoms with van der Waals surface area (Å²) in [4.78, 5) is 16.5. The molecule has 2 N–H and O–H groups in total. The monoisotopic (exact) mass is 337 g/mol. The molecule has 2 aliphatic carbocycles. The van der Waals surface area contributed by atoms with Crippen LogP contribution in [0.5, 0.6) is 0 Å². The summed E-state index contributed by atoms with van der Waals surface area (Å²) >= 11 is 0. The van der Waals surface area contributed by atoms with E-state index >= 15 is 0 Å². The molecule has 3 aliphatic rings. The minimum absolute atomic E-state index is 0.0424. The van der Waals surface area contributed by atoms with Gasteiger partial charge in [-0.2, -0.15) is 0 Å². The Morgan fingerprint density at radius 2 is 1.92 bits per heavy atom. The fraction of sp³-hybridized carbons (Fsp3) is 0.947. The molecule has 1 saturated heterocycles. The van der Waals surface area contributed by atoms with Gasteiger partial charge in [0, 0.05) is 32.7 Å². The molecule has 138 valence electrons. The van der Waals surface area contributed by atoms with Gasteiger partial charge in [0.1, 0.15) is 0 Å². The second-order valence-electron chi connectivity index (χ2n) is 8.27. The van der Waals surface area contributed by atoms with Crippen LogP contribution in [0.4, 0.5) is 4.79 Å². The van der Waals surface area contributed by atoms with Gasteiger partial charge in [-0.25, -0.2) is 4.79 Å². The maximum atomic E-state index is 12.3. The number of carbonyl (C=O) groups is 1. The van der Waals surface area contributed by atoms with Crippen LogP contribution in [0.25, 0.3) is 0 Å². The largest absolute Gasteiger partial charge is 0.391 e. The van der Waals surface area contributed by atoms with Crippen molar-refractivity contribution >= 4 is 6.03 Å². The Labute approximate surface area is 146 Å². The van der Waals surface area contributed by atoms with Gasteiger partial charge in [0.15, 0.2) is 0 Å². The third-order valence-electron chi connectivity index (χ3n) is 6.18. The number of likely N-dealkylation sites (N-methyl/N-ethyl adjacent to an activating group) is 1.